The number of rotatable bonds is 4. The van der Waals surface area contributed by atoms with E-state index in [0.29, 0.717) is 11.9 Å². The van der Waals surface area contributed by atoms with Gasteiger partial charge in [0.1, 0.15) is 41.1 Å². The fraction of sp³-hybridized carbons (Fsp3) is 0.333. The molecule has 7 rings (SSSR count). The molecular formula is C24H24N12S2. The molecule has 38 heavy (non-hydrogen) atoms. The van der Waals surface area contributed by atoms with E-state index in [1.807, 2.05) is 38.0 Å². The summed E-state index contributed by atoms with van der Waals surface area (Å²) in [5.41, 5.74) is 3.36. The first kappa shape index (κ1) is 23.1. The van der Waals surface area contributed by atoms with Gasteiger partial charge in [-0.2, -0.15) is 9.97 Å². The average Bonchev–Trinajstić information content (AvgIpc) is 3.50. The van der Waals surface area contributed by atoms with E-state index in [4.69, 9.17) is 19.9 Å². The lowest BCUT2D eigenvalue weighted by Gasteiger charge is -2.36. The maximum absolute atomic E-state index is 4.96. The normalized spacial score (nSPS) is 14.3. The van der Waals surface area contributed by atoms with Crippen LogP contribution in [-0.4, -0.2) is 94.2 Å². The third kappa shape index (κ3) is 3.62. The quantitative estimate of drug-likeness (QED) is 0.325. The lowest BCUT2D eigenvalue weighted by molar-refractivity contribution is 0.644. The fourth-order valence-electron chi connectivity index (χ4n) is 4.64. The fourth-order valence-corrected chi connectivity index (χ4v) is 6.76. The summed E-state index contributed by atoms with van der Waals surface area (Å²) in [4.78, 5) is 48.0. The Morgan fingerprint density at radius 1 is 0.553 bits per heavy atom. The second-order valence-electron chi connectivity index (χ2n) is 9.44. The first-order valence-corrected chi connectivity index (χ1v) is 13.8. The molecule has 0 saturated carbocycles. The van der Waals surface area contributed by atoms with Crippen LogP contribution in [0.15, 0.2) is 24.8 Å². The Morgan fingerprint density at radius 2 is 0.947 bits per heavy atom. The monoisotopic (exact) mass is 544 g/mol. The van der Waals surface area contributed by atoms with Crippen molar-refractivity contribution in [1.82, 2.24) is 39.9 Å². The highest BCUT2D eigenvalue weighted by Gasteiger charge is 2.27. The minimum Gasteiger partial charge on any atom is -0.352 e. The van der Waals surface area contributed by atoms with Crippen LogP contribution in [-0.2, 0) is 0 Å². The number of nitrogens with zero attached hydrogens (tertiary/aromatic N) is 12. The third-order valence-electron chi connectivity index (χ3n) is 6.53. The number of fused-ring (bicyclic) bond motifs is 6. The van der Waals surface area contributed by atoms with Gasteiger partial charge in [-0.05, 0) is 0 Å². The summed E-state index contributed by atoms with van der Waals surface area (Å²) in [5, 5.41) is 0. The van der Waals surface area contributed by atoms with Gasteiger partial charge in [0.2, 0.25) is 11.9 Å². The van der Waals surface area contributed by atoms with E-state index < -0.39 is 0 Å². The van der Waals surface area contributed by atoms with Crippen LogP contribution in [0.1, 0.15) is 0 Å². The minimum atomic E-state index is 0.665. The first-order chi connectivity index (χ1) is 18.5. The van der Waals surface area contributed by atoms with Crippen LogP contribution < -0.4 is 19.6 Å². The lowest BCUT2D eigenvalue weighted by Crippen LogP contribution is -2.47. The van der Waals surface area contributed by atoms with Gasteiger partial charge in [-0.1, -0.05) is 0 Å². The highest BCUT2D eigenvalue weighted by molar-refractivity contribution is 7.26. The van der Waals surface area contributed by atoms with E-state index >= 15 is 0 Å². The van der Waals surface area contributed by atoms with Crippen LogP contribution in [0.5, 0.6) is 0 Å². The van der Waals surface area contributed by atoms with Crippen molar-refractivity contribution in [3.05, 3.63) is 24.8 Å². The van der Waals surface area contributed by atoms with Crippen molar-refractivity contribution in [2.75, 3.05) is 74.0 Å². The van der Waals surface area contributed by atoms with Gasteiger partial charge in [0.05, 0.1) is 0 Å². The summed E-state index contributed by atoms with van der Waals surface area (Å²) in [7, 11) is 7.84. The number of anilines is 4. The molecule has 14 heteroatoms. The van der Waals surface area contributed by atoms with Crippen LogP contribution in [0.25, 0.3) is 41.1 Å². The molecule has 0 aromatic carbocycles. The number of hydrogen-bond donors (Lipinski definition) is 0. The van der Waals surface area contributed by atoms with E-state index in [1.54, 1.807) is 47.5 Å². The van der Waals surface area contributed by atoms with Crippen molar-refractivity contribution in [1.29, 1.82) is 0 Å². The van der Waals surface area contributed by atoms with Crippen LogP contribution in [0, 0.1) is 0 Å². The second kappa shape index (κ2) is 8.77. The van der Waals surface area contributed by atoms with Gasteiger partial charge >= 0.3 is 0 Å². The minimum absolute atomic E-state index is 0.665. The zero-order valence-electron chi connectivity index (χ0n) is 21.3. The van der Waals surface area contributed by atoms with E-state index in [2.05, 4.69) is 29.7 Å². The summed E-state index contributed by atoms with van der Waals surface area (Å²) >= 11 is 3.20. The molecule has 12 nitrogen and oxygen atoms in total. The number of thiophene rings is 2. The number of aromatic nitrogens is 8. The van der Waals surface area contributed by atoms with Gasteiger partial charge < -0.3 is 19.6 Å². The predicted octanol–water partition coefficient (Wildman–Crippen LogP) is 3.04. The van der Waals surface area contributed by atoms with Crippen LogP contribution in [0.3, 0.4) is 0 Å². The largest absolute Gasteiger partial charge is 0.352 e. The van der Waals surface area contributed by atoms with Crippen molar-refractivity contribution in [3.63, 3.8) is 0 Å². The Hall–Kier alpha value is -4.04. The maximum Gasteiger partial charge on any atom is 0.227 e. The molecule has 0 radical (unpaired) electrons. The lowest BCUT2D eigenvalue weighted by atomic mass is 10.2. The van der Waals surface area contributed by atoms with Gasteiger partial charge in [0, 0.05) is 79.2 Å². The third-order valence-corrected chi connectivity index (χ3v) is 8.67. The van der Waals surface area contributed by atoms with Gasteiger partial charge in [-0.15, -0.1) is 22.7 Å². The summed E-state index contributed by atoms with van der Waals surface area (Å²) in [5.74, 6) is 3.19. The highest BCUT2D eigenvalue weighted by atomic mass is 32.1. The maximum atomic E-state index is 4.96. The van der Waals surface area contributed by atoms with E-state index in [0.717, 1.165) is 78.9 Å². The van der Waals surface area contributed by atoms with E-state index in [-0.39, 0.29) is 0 Å². The van der Waals surface area contributed by atoms with Crippen molar-refractivity contribution in [3.8, 4) is 0 Å². The van der Waals surface area contributed by atoms with Crippen LogP contribution >= 0.6 is 22.7 Å². The van der Waals surface area contributed by atoms with Crippen molar-refractivity contribution in [2.24, 2.45) is 0 Å². The van der Waals surface area contributed by atoms with Crippen molar-refractivity contribution < 1.29 is 0 Å². The smallest absolute Gasteiger partial charge is 0.227 e. The van der Waals surface area contributed by atoms with E-state index in [9.17, 15) is 0 Å². The standard InChI is InChI=1S/C24H24N12S2/c1-33(2)23-29-13-15-21(27-7-5-25-15)37-17(13)19(31-23)35-9-11-36(12-10-35)20-18-14(30-24(32-20)34(3)4)16-22(38-18)28-8-6-26-16/h5-8H,9-12H2,1-4H3. The van der Waals surface area contributed by atoms with Crippen LogP contribution in [0.4, 0.5) is 23.5 Å². The van der Waals surface area contributed by atoms with Gasteiger partial charge in [-0.3, -0.25) is 0 Å². The Labute approximate surface area is 225 Å². The van der Waals surface area contributed by atoms with Gasteiger partial charge in [0.25, 0.3) is 0 Å². The summed E-state index contributed by atoms with van der Waals surface area (Å²) < 4.78 is 2.04. The zero-order valence-corrected chi connectivity index (χ0v) is 23.0. The average molecular weight is 545 g/mol. The van der Waals surface area contributed by atoms with Gasteiger partial charge in [-0.25, -0.2) is 29.9 Å². The van der Waals surface area contributed by atoms with Crippen LogP contribution in [0.2, 0.25) is 0 Å². The van der Waals surface area contributed by atoms with Crippen molar-refractivity contribution >= 4 is 87.3 Å². The summed E-state index contributed by atoms with van der Waals surface area (Å²) in [6.07, 6.45) is 6.88. The molecule has 0 spiro atoms. The first-order valence-electron chi connectivity index (χ1n) is 12.1. The molecule has 0 bridgehead atoms. The topological polar surface area (TPSA) is 116 Å². The predicted molar refractivity (Wildman–Crippen MR) is 154 cm³/mol. The molecular weight excluding hydrogens is 520 g/mol. The molecule has 0 unspecified atom stereocenters. The molecule has 1 aliphatic heterocycles. The Kier molecular flexibility index (Phi) is 5.33. The molecule has 7 heterocycles. The SMILES string of the molecule is CN(C)c1nc(N2CCN(c3nc(N(C)C)nc4c3sc3nccnc34)CC2)c2sc3nccnc3c2n1. The van der Waals surface area contributed by atoms with Crippen molar-refractivity contribution in [2.45, 2.75) is 0 Å². The molecule has 192 valence electrons. The summed E-state index contributed by atoms with van der Waals surface area (Å²) in [6, 6.07) is 0. The second-order valence-corrected chi connectivity index (χ2v) is 11.4. The molecule has 1 saturated heterocycles. The number of piperazine rings is 1. The highest BCUT2D eigenvalue weighted by Crippen LogP contribution is 2.39. The Bertz CT molecular complexity index is 1690. The molecule has 1 fully saturated rings. The Balaban J connectivity index is 1.27. The zero-order chi connectivity index (χ0) is 26.0. The van der Waals surface area contributed by atoms with Gasteiger partial charge in [0.15, 0.2) is 11.6 Å². The molecule has 0 atom stereocenters. The molecule has 0 amide bonds. The molecule has 6 aromatic rings. The molecule has 6 aromatic heterocycles. The molecule has 0 N–H and O–H groups in total. The molecule has 1 aliphatic rings. The number of hydrogen-bond acceptors (Lipinski definition) is 14. The summed E-state index contributed by atoms with van der Waals surface area (Å²) in [6.45, 7) is 3.16. The molecule has 0 aliphatic carbocycles. The van der Waals surface area contributed by atoms with E-state index in [1.165, 1.54) is 0 Å². The Morgan fingerprint density at radius 3 is 1.34 bits per heavy atom.